The van der Waals surface area contributed by atoms with E-state index < -0.39 is 0 Å². The largest absolute Gasteiger partial charge is 0.361 e. The third-order valence-electron chi connectivity index (χ3n) is 5.90. The highest BCUT2D eigenvalue weighted by Gasteiger charge is 2.08. The minimum absolute atomic E-state index is 1.17. The Morgan fingerprint density at radius 1 is 0.367 bits per heavy atom. The third kappa shape index (κ3) is 2.73. The molecule has 0 saturated heterocycles. The molecule has 0 radical (unpaired) electrons. The molecule has 0 fully saturated rings. The van der Waals surface area contributed by atoms with E-state index in [1.807, 2.05) is 0 Å². The van der Waals surface area contributed by atoms with E-state index in [0.717, 1.165) is 0 Å². The van der Waals surface area contributed by atoms with E-state index in [9.17, 15) is 0 Å². The molecule has 2 aromatic heterocycles. The zero-order chi connectivity index (χ0) is 19.9. The third-order valence-corrected chi connectivity index (χ3v) is 5.90. The molecule has 0 aliphatic carbocycles. The maximum absolute atomic E-state index is 3.36. The Labute approximate surface area is 174 Å². The summed E-state index contributed by atoms with van der Waals surface area (Å²) in [5.41, 5.74) is 9.74. The molecule has 2 nitrogen and oxygen atoms in total. The fraction of sp³-hybridized carbons (Fsp3) is 0. The van der Waals surface area contributed by atoms with Crippen molar-refractivity contribution in [3.8, 4) is 33.4 Å². The molecule has 6 rings (SSSR count). The molecular formula is C28H20N2. The molecular weight excluding hydrogens is 364 g/mol. The van der Waals surface area contributed by atoms with Crippen molar-refractivity contribution in [1.82, 2.24) is 9.97 Å². The van der Waals surface area contributed by atoms with Crippen LogP contribution in [0.4, 0.5) is 0 Å². The van der Waals surface area contributed by atoms with Crippen molar-refractivity contribution >= 4 is 21.8 Å². The predicted molar refractivity (Wildman–Crippen MR) is 126 cm³/mol. The summed E-state index contributed by atoms with van der Waals surface area (Å²) >= 11 is 0. The van der Waals surface area contributed by atoms with Gasteiger partial charge < -0.3 is 9.97 Å². The monoisotopic (exact) mass is 384 g/mol. The summed E-state index contributed by atoms with van der Waals surface area (Å²) in [6.45, 7) is 0. The number of aromatic nitrogens is 2. The van der Waals surface area contributed by atoms with Gasteiger partial charge in [-0.2, -0.15) is 0 Å². The van der Waals surface area contributed by atoms with E-state index in [1.165, 1.54) is 55.2 Å². The van der Waals surface area contributed by atoms with Crippen LogP contribution in [0.3, 0.4) is 0 Å². The predicted octanol–water partition coefficient (Wildman–Crippen LogP) is 7.65. The lowest BCUT2D eigenvalue weighted by Gasteiger charge is -2.06. The highest BCUT2D eigenvalue weighted by atomic mass is 14.7. The van der Waals surface area contributed by atoms with Crippen LogP contribution in [0.25, 0.3) is 55.2 Å². The van der Waals surface area contributed by atoms with Crippen LogP contribution in [0.1, 0.15) is 0 Å². The first-order chi connectivity index (χ1) is 14.9. The number of para-hydroxylation sites is 2. The van der Waals surface area contributed by atoms with Crippen LogP contribution in [0.5, 0.6) is 0 Å². The SMILES string of the molecule is c1ccc2c(-c3ccc(-c4ccc(-c5c[nH]c6ccccc56)cc4)cc3)c[nH]c2c1. The van der Waals surface area contributed by atoms with Gasteiger partial charge in [0.15, 0.2) is 0 Å². The average molecular weight is 384 g/mol. The van der Waals surface area contributed by atoms with Gasteiger partial charge in [0.2, 0.25) is 0 Å². The fourth-order valence-corrected chi connectivity index (χ4v) is 4.31. The van der Waals surface area contributed by atoms with Gasteiger partial charge in [0, 0.05) is 45.3 Å². The summed E-state index contributed by atoms with van der Waals surface area (Å²) in [5, 5.41) is 2.52. The molecule has 0 aliphatic heterocycles. The summed E-state index contributed by atoms with van der Waals surface area (Å²) < 4.78 is 0. The van der Waals surface area contributed by atoms with Crippen LogP contribution < -0.4 is 0 Å². The second-order valence-corrected chi connectivity index (χ2v) is 7.65. The Morgan fingerprint density at radius 3 is 1.17 bits per heavy atom. The molecule has 0 saturated carbocycles. The van der Waals surface area contributed by atoms with Crippen LogP contribution in [-0.2, 0) is 0 Å². The average Bonchev–Trinajstić information content (AvgIpc) is 3.44. The maximum atomic E-state index is 3.36. The van der Waals surface area contributed by atoms with Crippen molar-refractivity contribution in [2.45, 2.75) is 0 Å². The van der Waals surface area contributed by atoms with Gasteiger partial charge in [-0.05, 0) is 34.4 Å². The van der Waals surface area contributed by atoms with Crippen molar-refractivity contribution in [1.29, 1.82) is 0 Å². The number of aromatic amines is 2. The Balaban J connectivity index is 1.32. The summed E-state index contributed by atoms with van der Waals surface area (Å²) in [5.74, 6) is 0. The molecule has 0 atom stereocenters. The van der Waals surface area contributed by atoms with E-state index in [4.69, 9.17) is 0 Å². The normalized spacial score (nSPS) is 11.3. The van der Waals surface area contributed by atoms with E-state index in [1.54, 1.807) is 0 Å². The number of fused-ring (bicyclic) bond motifs is 2. The van der Waals surface area contributed by atoms with Crippen LogP contribution in [0.2, 0.25) is 0 Å². The fourth-order valence-electron chi connectivity index (χ4n) is 4.31. The summed E-state index contributed by atoms with van der Waals surface area (Å²) in [4.78, 5) is 6.73. The Morgan fingerprint density at radius 2 is 0.733 bits per heavy atom. The van der Waals surface area contributed by atoms with Crippen LogP contribution >= 0.6 is 0 Å². The second-order valence-electron chi connectivity index (χ2n) is 7.65. The number of nitrogens with one attached hydrogen (secondary N) is 2. The van der Waals surface area contributed by atoms with Crippen molar-refractivity contribution in [3.63, 3.8) is 0 Å². The zero-order valence-corrected chi connectivity index (χ0v) is 16.4. The van der Waals surface area contributed by atoms with E-state index in [2.05, 4.69) is 119 Å². The molecule has 2 heteroatoms. The second kappa shape index (κ2) is 6.78. The molecule has 0 unspecified atom stereocenters. The lowest BCUT2D eigenvalue weighted by Crippen LogP contribution is -1.81. The van der Waals surface area contributed by atoms with Crippen molar-refractivity contribution in [3.05, 3.63) is 109 Å². The smallest absolute Gasteiger partial charge is 0.0460 e. The molecule has 142 valence electrons. The standard InChI is InChI=1S/C28H20N2/c1-3-7-27-23(5-1)25(17-29-27)21-13-9-19(10-14-21)20-11-15-22(16-12-20)26-18-30-28-8-4-2-6-24(26)28/h1-18,29-30H. The summed E-state index contributed by atoms with van der Waals surface area (Å²) in [6, 6.07) is 34.5. The first kappa shape index (κ1) is 16.9. The first-order valence-electron chi connectivity index (χ1n) is 10.2. The topological polar surface area (TPSA) is 31.6 Å². The van der Waals surface area contributed by atoms with Crippen molar-refractivity contribution < 1.29 is 0 Å². The quantitative estimate of drug-likeness (QED) is 0.314. The van der Waals surface area contributed by atoms with Gasteiger partial charge in [-0.3, -0.25) is 0 Å². The molecule has 2 N–H and O–H groups in total. The Kier molecular flexibility index (Phi) is 3.82. The lowest BCUT2D eigenvalue weighted by atomic mass is 9.98. The number of hydrogen-bond acceptors (Lipinski definition) is 0. The number of H-pyrrole nitrogens is 2. The zero-order valence-electron chi connectivity index (χ0n) is 16.4. The van der Waals surface area contributed by atoms with Gasteiger partial charge in [-0.15, -0.1) is 0 Å². The van der Waals surface area contributed by atoms with Gasteiger partial charge in [0.05, 0.1) is 0 Å². The summed E-state index contributed by atoms with van der Waals surface area (Å²) in [7, 11) is 0. The molecule has 4 aromatic carbocycles. The van der Waals surface area contributed by atoms with Gasteiger partial charge in [-0.25, -0.2) is 0 Å². The number of hydrogen-bond donors (Lipinski definition) is 2. The number of benzene rings is 4. The van der Waals surface area contributed by atoms with E-state index >= 15 is 0 Å². The molecule has 2 heterocycles. The highest BCUT2D eigenvalue weighted by Crippen LogP contribution is 2.32. The van der Waals surface area contributed by atoms with Gasteiger partial charge in [0.25, 0.3) is 0 Å². The summed E-state index contributed by atoms with van der Waals surface area (Å²) in [6.07, 6.45) is 4.19. The molecule has 0 spiro atoms. The molecule has 6 aromatic rings. The first-order valence-corrected chi connectivity index (χ1v) is 10.2. The van der Waals surface area contributed by atoms with Crippen LogP contribution in [0.15, 0.2) is 109 Å². The molecule has 30 heavy (non-hydrogen) atoms. The minimum atomic E-state index is 1.17. The minimum Gasteiger partial charge on any atom is -0.361 e. The molecule has 0 amide bonds. The van der Waals surface area contributed by atoms with Crippen LogP contribution in [0, 0.1) is 0 Å². The van der Waals surface area contributed by atoms with Gasteiger partial charge >= 0.3 is 0 Å². The van der Waals surface area contributed by atoms with E-state index in [-0.39, 0.29) is 0 Å². The Bertz CT molecular complexity index is 1350. The Hall–Kier alpha value is -4.04. The molecule has 0 bridgehead atoms. The van der Waals surface area contributed by atoms with Gasteiger partial charge in [-0.1, -0.05) is 84.9 Å². The van der Waals surface area contributed by atoms with Crippen molar-refractivity contribution in [2.24, 2.45) is 0 Å². The van der Waals surface area contributed by atoms with Crippen LogP contribution in [-0.4, -0.2) is 9.97 Å². The highest BCUT2D eigenvalue weighted by molar-refractivity contribution is 5.96. The maximum Gasteiger partial charge on any atom is 0.0460 e. The number of rotatable bonds is 3. The van der Waals surface area contributed by atoms with Gasteiger partial charge in [0.1, 0.15) is 0 Å². The lowest BCUT2D eigenvalue weighted by molar-refractivity contribution is 1.47. The van der Waals surface area contributed by atoms with Crippen molar-refractivity contribution in [2.75, 3.05) is 0 Å². The molecule has 0 aliphatic rings. The van der Waals surface area contributed by atoms with E-state index in [0.29, 0.717) is 0 Å².